The van der Waals surface area contributed by atoms with Crippen molar-refractivity contribution in [2.45, 2.75) is 103 Å². The first-order chi connectivity index (χ1) is 23.1. The predicted octanol–water partition coefficient (Wildman–Crippen LogP) is 5.01. The summed E-state index contributed by atoms with van der Waals surface area (Å²) in [4.78, 5) is 69.7. The van der Waals surface area contributed by atoms with E-state index in [-0.39, 0.29) is 42.0 Å². The van der Waals surface area contributed by atoms with Gasteiger partial charge in [-0.25, -0.2) is 4.79 Å². The second-order valence-corrected chi connectivity index (χ2v) is 15.1. The molecule has 49 heavy (non-hydrogen) atoms. The highest BCUT2D eigenvalue weighted by molar-refractivity contribution is 6.38. The van der Waals surface area contributed by atoms with Gasteiger partial charge in [0.2, 0.25) is 17.6 Å². The fraction of sp³-hybridized carbons (Fsp3) is 0.564. The Morgan fingerprint density at radius 1 is 1.04 bits per heavy atom. The molecule has 10 heteroatoms. The zero-order chi connectivity index (χ0) is 36.1. The third-order valence-corrected chi connectivity index (χ3v) is 10.9. The number of Topliss-reactive ketones (excluding diaryl/α,β-unsaturated/α-hetero) is 1. The van der Waals surface area contributed by atoms with Crippen LogP contribution in [0.15, 0.2) is 56.2 Å². The quantitative estimate of drug-likeness (QED) is 0.153. The van der Waals surface area contributed by atoms with Crippen LogP contribution in [0.2, 0.25) is 0 Å². The lowest BCUT2D eigenvalue weighted by Crippen LogP contribution is -2.61. The minimum Gasteiger partial charge on any atom is -0.346 e. The first-order valence-electron chi connectivity index (χ1n) is 17.6. The van der Waals surface area contributed by atoms with Gasteiger partial charge in [0.1, 0.15) is 12.1 Å². The van der Waals surface area contributed by atoms with Crippen molar-refractivity contribution in [2.24, 2.45) is 23.2 Å². The Morgan fingerprint density at radius 2 is 1.73 bits per heavy atom. The number of carbonyl (C=O) groups is 5. The lowest BCUT2D eigenvalue weighted by Gasteiger charge is -2.38. The minimum absolute atomic E-state index is 0.0778. The molecule has 3 aliphatic rings. The first-order valence-corrected chi connectivity index (χ1v) is 17.6. The number of nitrogens with zero attached hydrogens (tertiary/aromatic N) is 1. The van der Waals surface area contributed by atoms with Crippen LogP contribution in [-0.2, 0) is 24.7 Å². The molecule has 2 aliphatic carbocycles. The molecule has 2 saturated carbocycles. The van der Waals surface area contributed by atoms with Gasteiger partial charge in [0.25, 0.3) is 5.91 Å². The number of likely N-dealkylation sites (tertiary alicyclic amines) is 1. The number of rotatable bonds is 15. The van der Waals surface area contributed by atoms with E-state index in [0.717, 1.165) is 48.8 Å². The van der Waals surface area contributed by atoms with Crippen LogP contribution < -0.4 is 21.3 Å². The molecular formula is C39H55N5O5. The lowest BCUT2D eigenvalue weighted by atomic mass is 9.83. The molecule has 3 fully saturated rings. The maximum absolute atomic E-state index is 14.6. The summed E-state index contributed by atoms with van der Waals surface area (Å²) in [5.41, 5.74) is 1.88. The van der Waals surface area contributed by atoms with Crippen molar-refractivity contribution in [3.63, 3.8) is 0 Å². The van der Waals surface area contributed by atoms with Crippen LogP contribution in [0, 0.1) is 23.2 Å². The fourth-order valence-corrected chi connectivity index (χ4v) is 7.77. The molecule has 266 valence electrons. The van der Waals surface area contributed by atoms with Gasteiger partial charge in [-0.1, -0.05) is 75.6 Å². The molecule has 1 aliphatic heterocycles. The highest BCUT2D eigenvalue weighted by Crippen LogP contribution is 2.65. The monoisotopic (exact) mass is 673 g/mol. The van der Waals surface area contributed by atoms with Gasteiger partial charge >= 0.3 is 6.03 Å². The van der Waals surface area contributed by atoms with Crippen molar-refractivity contribution in [1.82, 2.24) is 26.2 Å². The number of carbonyl (C=O) groups excluding carboxylic acids is 5. The van der Waals surface area contributed by atoms with E-state index in [1.165, 1.54) is 6.08 Å². The van der Waals surface area contributed by atoms with Gasteiger partial charge < -0.3 is 26.2 Å². The van der Waals surface area contributed by atoms with Gasteiger partial charge in [-0.2, -0.15) is 0 Å². The van der Waals surface area contributed by atoms with Crippen LogP contribution in [0.25, 0.3) is 5.57 Å². The molecular weight excluding hydrogens is 618 g/mol. The largest absolute Gasteiger partial charge is 0.346 e. The fourth-order valence-electron chi connectivity index (χ4n) is 7.77. The van der Waals surface area contributed by atoms with Crippen LogP contribution in [0.5, 0.6) is 0 Å². The molecule has 1 saturated heterocycles. The maximum Gasteiger partial charge on any atom is 0.316 e. The molecule has 1 aromatic carbocycles. The summed E-state index contributed by atoms with van der Waals surface area (Å²) in [7, 11) is 0. The topological polar surface area (TPSA) is 137 Å². The molecule has 0 aromatic heterocycles. The number of urea groups is 1. The third-order valence-electron chi connectivity index (χ3n) is 10.9. The number of hydrogen-bond acceptors (Lipinski definition) is 5. The molecule has 5 atom stereocenters. The number of ketones is 1. The number of hydrogen-bond donors (Lipinski definition) is 4. The lowest BCUT2D eigenvalue weighted by molar-refractivity contribution is -0.144. The molecule has 1 heterocycles. The summed E-state index contributed by atoms with van der Waals surface area (Å²) in [6.45, 7) is 21.8. The van der Waals surface area contributed by atoms with Crippen molar-refractivity contribution < 1.29 is 24.0 Å². The zero-order valence-corrected chi connectivity index (χ0v) is 29.9. The van der Waals surface area contributed by atoms with E-state index in [0.29, 0.717) is 13.0 Å². The molecule has 4 rings (SSSR count). The second-order valence-electron chi connectivity index (χ2n) is 15.1. The summed E-state index contributed by atoms with van der Waals surface area (Å²) in [5.74, 6) is -2.39. The summed E-state index contributed by atoms with van der Waals surface area (Å²) in [6.07, 6.45) is 8.29. The van der Waals surface area contributed by atoms with E-state index < -0.39 is 47.3 Å². The smallest absolute Gasteiger partial charge is 0.316 e. The van der Waals surface area contributed by atoms with Crippen LogP contribution in [0.1, 0.15) is 90.7 Å². The molecule has 4 N–H and O–H groups in total. The van der Waals surface area contributed by atoms with E-state index in [4.69, 9.17) is 0 Å². The third kappa shape index (κ3) is 8.51. The molecule has 1 aromatic rings. The number of benzene rings is 1. The van der Waals surface area contributed by atoms with Crippen LogP contribution >= 0.6 is 0 Å². The van der Waals surface area contributed by atoms with Crippen LogP contribution in [0.4, 0.5) is 4.79 Å². The number of fused-ring (bicyclic) bond motifs is 1. The van der Waals surface area contributed by atoms with Gasteiger partial charge in [-0.05, 0) is 86.8 Å². The second kappa shape index (κ2) is 15.6. The summed E-state index contributed by atoms with van der Waals surface area (Å²) in [5, 5.41) is 11.4. The summed E-state index contributed by atoms with van der Waals surface area (Å²) in [6, 6.07) is 4.68. The Bertz CT molecular complexity index is 1480. The number of nitrogens with one attached hydrogen (secondary N) is 4. The van der Waals surface area contributed by atoms with Crippen molar-refractivity contribution in [1.29, 1.82) is 0 Å². The Hall–Kier alpha value is -4.21. The zero-order valence-electron chi connectivity index (χ0n) is 29.9. The maximum atomic E-state index is 14.6. The Labute approximate surface area is 291 Å². The average molecular weight is 674 g/mol. The van der Waals surface area contributed by atoms with Gasteiger partial charge in [0.05, 0.1) is 11.6 Å². The van der Waals surface area contributed by atoms with E-state index in [2.05, 4.69) is 54.9 Å². The Kier molecular flexibility index (Phi) is 11.9. The summed E-state index contributed by atoms with van der Waals surface area (Å²) < 4.78 is 0. The van der Waals surface area contributed by atoms with Crippen LogP contribution in [-0.4, -0.2) is 65.7 Å². The number of allylic oxidation sites excluding steroid dienone is 2. The molecule has 10 nitrogen and oxygen atoms in total. The predicted molar refractivity (Wildman–Crippen MR) is 192 cm³/mol. The molecule has 0 bridgehead atoms. The van der Waals surface area contributed by atoms with Crippen molar-refractivity contribution in [3.8, 4) is 0 Å². The number of amides is 5. The van der Waals surface area contributed by atoms with E-state index in [9.17, 15) is 24.0 Å². The summed E-state index contributed by atoms with van der Waals surface area (Å²) >= 11 is 0. The minimum atomic E-state index is -1.07. The average Bonchev–Trinajstić information content (AvgIpc) is 3.38. The van der Waals surface area contributed by atoms with E-state index in [1.807, 2.05) is 45.0 Å². The molecule has 0 radical (unpaired) electrons. The molecule has 5 amide bonds. The highest BCUT2D eigenvalue weighted by atomic mass is 16.2. The highest BCUT2D eigenvalue weighted by Gasteiger charge is 2.69. The van der Waals surface area contributed by atoms with E-state index in [1.54, 1.807) is 11.0 Å². The van der Waals surface area contributed by atoms with Crippen LogP contribution in [0.3, 0.4) is 0 Å². The Balaban J connectivity index is 1.57. The van der Waals surface area contributed by atoms with Gasteiger partial charge in [-0.15, -0.1) is 13.2 Å². The first kappa shape index (κ1) is 37.6. The standard InChI is InChI=1S/C39H55N5O5/c1-9-11-20-29(33(45)35(47)40-21-10-2)41-34(46)32-30-28(38(30,5)6)23-44(32)36(48)31(25-16-13-12-14-17-25)42-37(49)43-39(7,8)27-19-15-18-26(22-27)24(3)4/h9-10,15,18-19,22,25,28-32H,1-3,11-14,16-17,20-21,23H2,4-8H3,(H,40,47)(H,41,46)(H2,42,43,49)/t28-,29?,30-,31-,32-/m0/s1. The van der Waals surface area contributed by atoms with Crippen molar-refractivity contribution in [3.05, 3.63) is 67.3 Å². The number of piperidine rings is 1. The Morgan fingerprint density at radius 3 is 2.37 bits per heavy atom. The molecule has 1 unspecified atom stereocenters. The van der Waals surface area contributed by atoms with Gasteiger partial charge in [-0.3, -0.25) is 19.2 Å². The van der Waals surface area contributed by atoms with Gasteiger partial charge in [0, 0.05) is 13.1 Å². The van der Waals surface area contributed by atoms with Crippen molar-refractivity contribution >= 4 is 35.1 Å². The van der Waals surface area contributed by atoms with E-state index >= 15 is 0 Å². The molecule has 0 spiro atoms. The van der Waals surface area contributed by atoms with Crippen molar-refractivity contribution in [2.75, 3.05) is 13.1 Å². The normalized spacial score (nSPS) is 22.5. The van der Waals surface area contributed by atoms with Gasteiger partial charge in [0.15, 0.2) is 0 Å². The SMILES string of the molecule is C=CCCC(NC(=O)[C@@H]1[C@@H]2[C@H](CN1C(=O)[C@@H](NC(=O)NC(C)(C)c1cccc(C(=C)C)c1)C1CCCCC1)C2(C)C)C(=O)C(=O)NCC=C.